The van der Waals surface area contributed by atoms with Crippen LogP contribution < -0.4 is 4.74 Å². The zero-order chi connectivity index (χ0) is 23.8. The summed E-state index contributed by atoms with van der Waals surface area (Å²) in [7, 11) is 0. The first-order valence-corrected chi connectivity index (χ1v) is 11.9. The predicted octanol–water partition coefficient (Wildman–Crippen LogP) is 3.42. The average molecular weight is 483 g/mol. The Morgan fingerprint density at radius 1 is 1.12 bits per heavy atom. The number of carbonyl (C=O) groups is 2. The van der Waals surface area contributed by atoms with E-state index in [-0.39, 0.29) is 17.4 Å². The smallest absolute Gasteiger partial charge is 0.295 e. The first-order chi connectivity index (χ1) is 16.4. The van der Waals surface area contributed by atoms with E-state index in [0.717, 1.165) is 30.8 Å². The zero-order valence-corrected chi connectivity index (χ0v) is 19.8. The number of ketones is 1. The summed E-state index contributed by atoms with van der Waals surface area (Å²) in [6, 6.07) is 11.7. The molecule has 178 valence electrons. The molecule has 2 atom stereocenters. The zero-order valence-electron chi connectivity index (χ0n) is 19.0. The molecule has 3 aliphatic rings. The Kier molecular flexibility index (Phi) is 6.34. The number of morpholine rings is 1. The second-order valence-electron chi connectivity index (χ2n) is 8.96. The fourth-order valence-corrected chi connectivity index (χ4v) is 5.13. The lowest BCUT2D eigenvalue weighted by atomic mass is 9.94. The van der Waals surface area contributed by atoms with Crippen LogP contribution in [0.25, 0.3) is 5.76 Å². The van der Waals surface area contributed by atoms with Crippen molar-refractivity contribution in [3.63, 3.8) is 0 Å². The summed E-state index contributed by atoms with van der Waals surface area (Å²) in [5.41, 5.74) is 2.24. The Balaban J connectivity index is 1.53. The molecule has 2 fully saturated rings. The van der Waals surface area contributed by atoms with Gasteiger partial charge in [-0.3, -0.25) is 14.5 Å². The van der Waals surface area contributed by atoms with Crippen molar-refractivity contribution in [2.45, 2.75) is 25.5 Å². The van der Waals surface area contributed by atoms with Crippen molar-refractivity contribution in [1.29, 1.82) is 0 Å². The van der Waals surface area contributed by atoms with Crippen molar-refractivity contribution in [2.75, 3.05) is 39.4 Å². The number of likely N-dealkylation sites (tertiary alicyclic amines) is 1. The summed E-state index contributed by atoms with van der Waals surface area (Å²) in [5, 5.41) is 11.8. The van der Waals surface area contributed by atoms with E-state index in [1.165, 1.54) is 0 Å². The quantitative estimate of drug-likeness (QED) is 0.399. The summed E-state index contributed by atoms with van der Waals surface area (Å²) >= 11 is 6.26. The Hall–Kier alpha value is -2.87. The molecule has 2 aromatic carbocycles. The molecule has 0 unspecified atom stereocenters. The number of nitrogens with zero attached hydrogens (tertiary/aromatic N) is 2. The van der Waals surface area contributed by atoms with Crippen molar-refractivity contribution in [3.05, 3.63) is 69.8 Å². The van der Waals surface area contributed by atoms with Gasteiger partial charge in [-0.25, -0.2) is 0 Å². The van der Waals surface area contributed by atoms with Crippen molar-refractivity contribution in [3.8, 4) is 5.75 Å². The van der Waals surface area contributed by atoms with Gasteiger partial charge in [0.1, 0.15) is 17.6 Å². The third-order valence-corrected chi connectivity index (χ3v) is 6.87. The summed E-state index contributed by atoms with van der Waals surface area (Å²) < 4.78 is 11.2. The number of benzene rings is 2. The molecule has 5 rings (SSSR count). The van der Waals surface area contributed by atoms with Gasteiger partial charge in [-0.2, -0.15) is 0 Å². The number of hydrogen-bond acceptors (Lipinski definition) is 6. The van der Waals surface area contributed by atoms with Gasteiger partial charge in [-0.1, -0.05) is 23.7 Å². The molecule has 7 nitrogen and oxygen atoms in total. The van der Waals surface area contributed by atoms with Crippen LogP contribution in [0.5, 0.6) is 5.75 Å². The van der Waals surface area contributed by atoms with E-state index in [1.54, 1.807) is 35.2 Å². The van der Waals surface area contributed by atoms with Crippen LogP contribution in [0.15, 0.2) is 48.0 Å². The van der Waals surface area contributed by atoms with Crippen LogP contribution in [0, 0.1) is 0 Å². The maximum absolute atomic E-state index is 13.2. The van der Waals surface area contributed by atoms with E-state index in [0.29, 0.717) is 42.5 Å². The van der Waals surface area contributed by atoms with Gasteiger partial charge in [-0.05, 0) is 48.4 Å². The number of ether oxygens (including phenoxy) is 2. The number of halogens is 1. The highest BCUT2D eigenvalue weighted by Crippen LogP contribution is 2.41. The SMILES string of the molecule is C[C@@H]1Cc2cc(/C(O)=C3\C(=O)C(=O)N(CCN4CCOCC4)[C@@H]3c3cccc(Cl)c3)ccc2O1. The summed E-state index contributed by atoms with van der Waals surface area (Å²) in [6.07, 6.45) is 0.784. The van der Waals surface area contributed by atoms with Crippen LogP contribution in [0.3, 0.4) is 0 Å². The Labute approximate surface area is 203 Å². The molecular weight excluding hydrogens is 456 g/mol. The number of aliphatic hydroxyl groups is 1. The first kappa shape index (κ1) is 22.9. The summed E-state index contributed by atoms with van der Waals surface area (Å²) in [6.45, 7) is 5.81. The highest BCUT2D eigenvalue weighted by molar-refractivity contribution is 6.46. The Bertz CT molecular complexity index is 1160. The maximum atomic E-state index is 13.2. The van der Waals surface area contributed by atoms with Crippen molar-refractivity contribution in [2.24, 2.45) is 0 Å². The van der Waals surface area contributed by atoms with E-state index < -0.39 is 17.7 Å². The highest BCUT2D eigenvalue weighted by atomic mass is 35.5. The minimum atomic E-state index is -0.719. The predicted molar refractivity (Wildman–Crippen MR) is 128 cm³/mol. The van der Waals surface area contributed by atoms with Crippen LogP contribution >= 0.6 is 11.6 Å². The molecule has 2 aromatic rings. The maximum Gasteiger partial charge on any atom is 0.295 e. The monoisotopic (exact) mass is 482 g/mol. The lowest BCUT2D eigenvalue weighted by Crippen LogP contribution is -2.42. The second-order valence-corrected chi connectivity index (χ2v) is 9.39. The molecule has 0 aromatic heterocycles. The molecule has 0 radical (unpaired) electrons. The molecule has 8 heteroatoms. The fourth-order valence-electron chi connectivity index (χ4n) is 4.93. The largest absolute Gasteiger partial charge is 0.507 e. The van der Waals surface area contributed by atoms with Crippen LogP contribution in [0.2, 0.25) is 5.02 Å². The normalized spacial score (nSPS) is 24.4. The van der Waals surface area contributed by atoms with Crippen LogP contribution in [0.4, 0.5) is 0 Å². The summed E-state index contributed by atoms with van der Waals surface area (Å²) in [5.74, 6) is -0.701. The van der Waals surface area contributed by atoms with Gasteiger partial charge in [0.15, 0.2) is 0 Å². The van der Waals surface area contributed by atoms with Gasteiger partial charge >= 0.3 is 0 Å². The number of amides is 1. The molecular formula is C26H27ClN2O5. The first-order valence-electron chi connectivity index (χ1n) is 11.6. The number of hydrogen-bond donors (Lipinski definition) is 1. The molecule has 1 N–H and O–H groups in total. The number of carbonyl (C=O) groups excluding carboxylic acids is 2. The molecule has 3 heterocycles. The van der Waals surface area contributed by atoms with Crippen molar-refractivity contribution < 1.29 is 24.2 Å². The third-order valence-electron chi connectivity index (χ3n) is 6.63. The lowest BCUT2D eigenvalue weighted by Gasteiger charge is -2.31. The standard InChI is InChI=1S/C26H27ClN2O5/c1-16-13-19-14-18(5-6-21(19)34-16)24(30)22-23(17-3-2-4-20(27)15-17)29(26(32)25(22)31)8-7-28-9-11-33-12-10-28/h2-6,14-16,23,30H,7-13H2,1H3/b24-22+/t16-,23-/m1/s1. The van der Waals surface area contributed by atoms with E-state index >= 15 is 0 Å². The highest BCUT2D eigenvalue weighted by Gasteiger charge is 2.46. The molecule has 0 bridgehead atoms. The van der Waals surface area contributed by atoms with E-state index in [9.17, 15) is 14.7 Å². The average Bonchev–Trinajstić information content (AvgIpc) is 3.33. The molecule has 0 spiro atoms. The van der Waals surface area contributed by atoms with Gasteiger partial charge < -0.3 is 19.5 Å². The molecule has 3 aliphatic heterocycles. The minimum absolute atomic E-state index is 0.0598. The van der Waals surface area contributed by atoms with Gasteiger partial charge in [-0.15, -0.1) is 0 Å². The number of Topliss-reactive ketones (excluding diaryl/α,β-unsaturated/α-hetero) is 1. The molecule has 2 saturated heterocycles. The molecule has 0 aliphatic carbocycles. The molecule has 1 amide bonds. The van der Waals surface area contributed by atoms with Crippen LogP contribution in [0.1, 0.15) is 29.7 Å². The number of aliphatic hydroxyl groups excluding tert-OH is 1. The van der Waals surface area contributed by atoms with Crippen molar-refractivity contribution in [1.82, 2.24) is 9.80 Å². The van der Waals surface area contributed by atoms with Crippen molar-refractivity contribution >= 4 is 29.1 Å². The Morgan fingerprint density at radius 3 is 2.68 bits per heavy atom. The van der Waals surface area contributed by atoms with E-state index in [2.05, 4.69) is 4.90 Å². The number of rotatable bonds is 5. The van der Waals surface area contributed by atoms with Crippen LogP contribution in [-0.4, -0.2) is 72.1 Å². The van der Waals surface area contributed by atoms with Gasteiger partial charge in [0.05, 0.1) is 24.8 Å². The number of fused-ring (bicyclic) bond motifs is 1. The van der Waals surface area contributed by atoms with E-state index in [1.807, 2.05) is 19.1 Å². The van der Waals surface area contributed by atoms with Gasteiger partial charge in [0.25, 0.3) is 11.7 Å². The topological polar surface area (TPSA) is 79.3 Å². The molecule has 0 saturated carbocycles. The third kappa shape index (κ3) is 4.31. The van der Waals surface area contributed by atoms with Gasteiger partial charge in [0, 0.05) is 43.2 Å². The van der Waals surface area contributed by atoms with Gasteiger partial charge in [0.2, 0.25) is 0 Å². The second kappa shape index (κ2) is 9.41. The summed E-state index contributed by atoms with van der Waals surface area (Å²) in [4.78, 5) is 30.2. The lowest BCUT2D eigenvalue weighted by molar-refractivity contribution is -0.140. The Morgan fingerprint density at radius 2 is 1.91 bits per heavy atom. The molecule has 34 heavy (non-hydrogen) atoms. The van der Waals surface area contributed by atoms with Crippen LogP contribution in [-0.2, 0) is 20.7 Å². The van der Waals surface area contributed by atoms with E-state index in [4.69, 9.17) is 21.1 Å². The minimum Gasteiger partial charge on any atom is -0.507 e. The fraction of sp³-hybridized carbons (Fsp3) is 0.385.